The van der Waals surface area contributed by atoms with Gasteiger partial charge in [-0.2, -0.15) is 0 Å². The number of rotatable bonds is 4. The van der Waals surface area contributed by atoms with Crippen molar-refractivity contribution in [3.63, 3.8) is 0 Å². The molecule has 0 aliphatic carbocycles. The maximum absolute atomic E-state index is 3.45. The monoisotopic (exact) mass is 246 g/mol. The second-order valence-corrected chi connectivity index (χ2v) is 5.38. The van der Waals surface area contributed by atoms with Gasteiger partial charge >= 0.3 is 0 Å². The van der Waals surface area contributed by atoms with Gasteiger partial charge in [0.2, 0.25) is 0 Å². The lowest BCUT2D eigenvalue weighted by Gasteiger charge is -2.36. The van der Waals surface area contributed by atoms with Crippen molar-refractivity contribution in [1.82, 2.24) is 10.2 Å². The summed E-state index contributed by atoms with van der Waals surface area (Å²) in [6.45, 7) is 11.4. The Labute approximate surface area is 111 Å². The van der Waals surface area contributed by atoms with E-state index in [1.54, 1.807) is 5.56 Å². The van der Waals surface area contributed by atoms with Gasteiger partial charge in [-0.15, -0.1) is 0 Å². The van der Waals surface area contributed by atoms with E-state index in [0.717, 1.165) is 13.1 Å². The number of aryl methyl sites for hydroxylation is 1. The van der Waals surface area contributed by atoms with Crippen molar-refractivity contribution in [2.45, 2.75) is 39.7 Å². The van der Waals surface area contributed by atoms with E-state index in [2.05, 4.69) is 49.2 Å². The summed E-state index contributed by atoms with van der Waals surface area (Å²) < 4.78 is 0. The van der Waals surface area contributed by atoms with Gasteiger partial charge in [-0.1, -0.05) is 31.5 Å². The first-order valence-corrected chi connectivity index (χ1v) is 7.25. The van der Waals surface area contributed by atoms with E-state index in [0.29, 0.717) is 6.04 Å². The maximum atomic E-state index is 3.45. The van der Waals surface area contributed by atoms with Gasteiger partial charge < -0.3 is 5.32 Å². The zero-order valence-electron chi connectivity index (χ0n) is 12.0. The van der Waals surface area contributed by atoms with Crippen molar-refractivity contribution < 1.29 is 0 Å². The molecule has 0 spiro atoms. The molecule has 1 fully saturated rings. The summed E-state index contributed by atoms with van der Waals surface area (Å²) in [5.41, 5.74) is 4.44. The van der Waals surface area contributed by atoms with Crippen LogP contribution in [-0.2, 0) is 0 Å². The quantitative estimate of drug-likeness (QED) is 0.878. The van der Waals surface area contributed by atoms with Crippen molar-refractivity contribution in [2.24, 2.45) is 0 Å². The van der Waals surface area contributed by atoms with E-state index in [1.165, 1.54) is 37.1 Å². The predicted molar refractivity (Wildman–Crippen MR) is 78.0 cm³/mol. The van der Waals surface area contributed by atoms with Crippen LogP contribution in [0, 0.1) is 13.8 Å². The molecule has 2 rings (SSSR count). The van der Waals surface area contributed by atoms with Crippen molar-refractivity contribution in [3.05, 3.63) is 34.9 Å². The molecule has 0 bridgehead atoms. The Kier molecular flexibility index (Phi) is 4.79. The van der Waals surface area contributed by atoms with Gasteiger partial charge in [0.1, 0.15) is 0 Å². The van der Waals surface area contributed by atoms with Gasteiger partial charge in [-0.3, -0.25) is 4.90 Å². The van der Waals surface area contributed by atoms with Gasteiger partial charge in [0, 0.05) is 32.2 Å². The van der Waals surface area contributed by atoms with Gasteiger partial charge in [-0.05, 0) is 37.0 Å². The van der Waals surface area contributed by atoms with Crippen LogP contribution in [0.5, 0.6) is 0 Å². The van der Waals surface area contributed by atoms with Crippen molar-refractivity contribution in [1.29, 1.82) is 0 Å². The molecule has 1 saturated heterocycles. The third-order valence-electron chi connectivity index (χ3n) is 4.16. The molecule has 0 radical (unpaired) electrons. The Bertz CT molecular complexity index is 381. The van der Waals surface area contributed by atoms with Crippen LogP contribution in [0.15, 0.2) is 18.2 Å². The predicted octanol–water partition coefficient (Wildman–Crippen LogP) is 3.05. The van der Waals surface area contributed by atoms with E-state index in [-0.39, 0.29) is 0 Å². The van der Waals surface area contributed by atoms with Gasteiger partial charge in [0.25, 0.3) is 0 Å². The smallest absolute Gasteiger partial charge is 0.0351 e. The highest BCUT2D eigenvalue weighted by Crippen LogP contribution is 2.29. The molecule has 100 valence electrons. The molecule has 1 N–H and O–H groups in total. The second-order valence-electron chi connectivity index (χ2n) is 5.38. The van der Waals surface area contributed by atoms with Crippen LogP contribution in [0.25, 0.3) is 0 Å². The standard InChI is InChI=1S/C16H26N2/c1-4-6-16(18-11-9-17-10-12-18)15-8-5-7-13(2)14(15)3/h5,7-8,16-17H,4,6,9-12H2,1-3H3/t16-/m0/s1. The molecule has 0 unspecified atom stereocenters. The van der Waals surface area contributed by atoms with E-state index in [4.69, 9.17) is 0 Å². The Balaban J connectivity index is 2.25. The van der Waals surface area contributed by atoms with E-state index < -0.39 is 0 Å². The second kappa shape index (κ2) is 6.35. The first-order valence-electron chi connectivity index (χ1n) is 7.25. The first kappa shape index (κ1) is 13.6. The molecule has 0 aromatic heterocycles. The summed E-state index contributed by atoms with van der Waals surface area (Å²) in [7, 11) is 0. The third kappa shape index (κ3) is 2.93. The first-order chi connectivity index (χ1) is 8.74. The fourth-order valence-electron chi connectivity index (χ4n) is 2.94. The summed E-state index contributed by atoms with van der Waals surface area (Å²) in [5, 5.41) is 3.45. The molecule has 1 aromatic carbocycles. The number of hydrogen-bond acceptors (Lipinski definition) is 2. The van der Waals surface area contributed by atoms with E-state index in [9.17, 15) is 0 Å². The van der Waals surface area contributed by atoms with Crippen LogP contribution in [0.4, 0.5) is 0 Å². The zero-order valence-corrected chi connectivity index (χ0v) is 12.0. The molecule has 0 amide bonds. The lowest BCUT2D eigenvalue weighted by atomic mass is 9.93. The average molecular weight is 246 g/mol. The fraction of sp³-hybridized carbons (Fsp3) is 0.625. The lowest BCUT2D eigenvalue weighted by molar-refractivity contribution is 0.164. The van der Waals surface area contributed by atoms with Crippen LogP contribution in [0.1, 0.15) is 42.5 Å². The van der Waals surface area contributed by atoms with Gasteiger partial charge in [0.05, 0.1) is 0 Å². The summed E-state index contributed by atoms with van der Waals surface area (Å²) >= 11 is 0. The van der Waals surface area contributed by atoms with Crippen LogP contribution in [-0.4, -0.2) is 31.1 Å². The topological polar surface area (TPSA) is 15.3 Å². The Hall–Kier alpha value is -0.860. The van der Waals surface area contributed by atoms with Crippen molar-refractivity contribution in [2.75, 3.05) is 26.2 Å². The number of piperazine rings is 1. The van der Waals surface area contributed by atoms with Gasteiger partial charge in [0.15, 0.2) is 0 Å². The summed E-state index contributed by atoms with van der Waals surface area (Å²) in [6, 6.07) is 7.37. The van der Waals surface area contributed by atoms with Crippen LogP contribution in [0.2, 0.25) is 0 Å². The fourth-order valence-corrected chi connectivity index (χ4v) is 2.94. The van der Waals surface area contributed by atoms with Crippen molar-refractivity contribution >= 4 is 0 Å². The van der Waals surface area contributed by atoms with Crippen LogP contribution < -0.4 is 5.32 Å². The third-order valence-corrected chi connectivity index (χ3v) is 4.16. The Morgan fingerprint density at radius 1 is 1.22 bits per heavy atom. The minimum atomic E-state index is 0.608. The normalized spacial score (nSPS) is 18.8. The highest BCUT2D eigenvalue weighted by Gasteiger charge is 2.22. The molecular formula is C16H26N2. The molecule has 2 heteroatoms. The molecule has 1 heterocycles. The highest BCUT2D eigenvalue weighted by atomic mass is 15.2. The summed E-state index contributed by atoms with van der Waals surface area (Å²) in [5.74, 6) is 0. The molecule has 1 aromatic rings. The molecule has 2 nitrogen and oxygen atoms in total. The largest absolute Gasteiger partial charge is 0.314 e. The highest BCUT2D eigenvalue weighted by molar-refractivity contribution is 5.35. The number of nitrogens with zero attached hydrogens (tertiary/aromatic N) is 1. The van der Waals surface area contributed by atoms with Crippen molar-refractivity contribution in [3.8, 4) is 0 Å². The summed E-state index contributed by atoms with van der Waals surface area (Å²) in [4.78, 5) is 2.65. The molecule has 1 aliphatic heterocycles. The van der Waals surface area contributed by atoms with Gasteiger partial charge in [-0.25, -0.2) is 0 Å². The number of nitrogens with one attached hydrogen (secondary N) is 1. The molecule has 1 aliphatic rings. The minimum Gasteiger partial charge on any atom is -0.314 e. The van der Waals surface area contributed by atoms with E-state index >= 15 is 0 Å². The Morgan fingerprint density at radius 3 is 2.61 bits per heavy atom. The number of benzene rings is 1. The maximum Gasteiger partial charge on any atom is 0.0351 e. The SMILES string of the molecule is CCC[C@@H](c1cccc(C)c1C)N1CCNCC1. The Morgan fingerprint density at radius 2 is 1.94 bits per heavy atom. The van der Waals surface area contributed by atoms with E-state index in [1.807, 2.05) is 0 Å². The molecule has 1 atom stereocenters. The van der Waals surface area contributed by atoms with Crippen LogP contribution >= 0.6 is 0 Å². The summed E-state index contributed by atoms with van der Waals surface area (Å²) in [6.07, 6.45) is 2.52. The van der Waals surface area contributed by atoms with Crippen LogP contribution in [0.3, 0.4) is 0 Å². The molecule has 0 saturated carbocycles. The number of hydrogen-bond donors (Lipinski definition) is 1. The average Bonchev–Trinajstić information content (AvgIpc) is 2.41. The molecular weight excluding hydrogens is 220 g/mol. The minimum absolute atomic E-state index is 0.608. The lowest BCUT2D eigenvalue weighted by Crippen LogP contribution is -2.45. The molecule has 18 heavy (non-hydrogen) atoms. The zero-order chi connectivity index (χ0) is 13.0.